The van der Waals surface area contributed by atoms with Crippen molar-refractivity contribution in [2.75, 3.05) is 6.54 Å². The molecule has 0 radical (unpaired) electrons. The van der Waals surface area contributed by atoms with Gasteiger partial charge < -0.3 is 10.2 Å². The topological polar surface area (TPSA) is 49.4 Å². The zero-order valence-corrected chi connectivity index (χ0v) is 21.0. The summed E-state index contributed by atoms with van der Waals surface area (Å²) in [7, 11) is 0. The number of nitrogens with one attached hydrogen (secondary N) is 1. The molecule has 0 aliphatic heterocycles. The Bertz CT molecular complexity index is 1100. The summed E-state index contributed by atoms with van der Waals surface area (Å²) < 4.78 is 13.5. The summed E-state index contributed by atoms with van der Waals surface area (Å²) in [6, 6.07) is 22.4. The average Bonchev–Trinajstić information content (AvgIpc) is 2.85. The zero-order valence-electron chi connectivity index (χ0n) is 20.2. The lowest BCUT2D eigenvalue weighted by Gasteiger charge is -2.32. The van der Waals surface area contributed by atoms with E-state index in [4.69, 9.17) is 11.6 Å². The zero-order chi connectivity index (χ0) is 25.2. The van der Waals surface area contributed by atoms with Gasteiger partial charge in [-0.15, -0.1) is 0 Å². The van der Waals surface area contributed by atoms with Gasteiger partial charge in [-0.25, -0.2) is 4.39 Å². The number of amides is 2. The summed E-state index contributed by atoms with van der Waals surface area (Å²) in [5.74, 6) is -0.427. The minimum Gasteiger partial charge on any atom is -0.354 e. The van der Waals surface area contributed by atoms with Gasteiger partial charge in [0, 0.05) is 31.0 Å². The van der Waals surface area contributed by atoms with Crippen molar-refractivity contribution >= 4 is 23.4 Å². The molecule has 0 saturated heterocycles. The van der Waals surface area contributed by atoms with Crippen LogP contribution in [0.1, 0.15) is 37.0 Å². The predicted octanol–water partition coefficient (Wildman–Crippen LogP) is 5.82. The molecule has 3 rings (SSSR count). The van der Waals surface area contributed by atoms with Crippen molar-refractivity contribution in [3.05, 3.63) is 106 Å². The number of hydrogen-bond acceptors (Lipinski definition) is 2. The van der Waals surface area contributed by atoms with Gasteiger partial charge in [0.05, 0.1) is 0 Å². The molecular weight excluding hydrogens is 463 g/mol. The molecule has 0 heterocycles. The molecule has 0 unspecified atom stereocenters. The number of halogens is 2. The fourth-order valence-corrected chi connectivity index (χ4v) is 4.08. The van der Waals surface area contributed by atoms with Gasteiger partial charge >= 0.3 is 0 Å². The van der Waals surface area contributed by atoms with E-state index in [1.54, 1.807) is 23.1 Å². The number of carbonyl (C=O) groups is 2. The lowest BCUT2D eigenvalue weighted by Crippen LogP contribution is -2.51. The summed E-state index contributed by atoms with van der Waals surface area (Å²) in [5.41, 5.74) is 2.60. The first-order valence-electron chi connectivity index (χ1n) is 11.9. The summed E-state index contributed by atoms with van der Waals surface area (Å²) >= 11 is 6.30. The summed E-state index contributed by atoms with van der Waals surface area (Å²) in [6.07, 6.45) is 1.04. The van der Waals surface area contributed by atoms with Crippen molar-refractivity contribution in [1.29, 1.82) is 0 Å². The van der Waals surface area contributed by atoms with E-state index in [-0.39, 0.29) is 36.5 Å². The fraction of sp³-hybridized carbons (Fsp3) is 0.310. The van der Waals surface area contributed by atoms with Crippen molar-refractivity contribution in [3.8, 4) is 0 Å². The minimum atomic E-state index is -0.708. The third kappa shape index (κ3) is 8.22. The molecule has 2 amide bonds. The van der Waals surface area contributed by atoms with E-state index in [9.17, 15) is 14.0 Å². The number of nitrogens with zero attached hydrogens (tertiary/aromatic N) is 1. The van der Waals surface area contributed by atoms with E-state index in [1.165, 1.54) is 12.1 Å². The number of carbonyl (C=O) groups excluding carboxylic acids is 2. The summed E-state index contributed by atoms with van der Waals surface area (Å²) in [6.45, 7) is 4.77. The highest BCUT2D eigenvalue weighted by Crippen LogP contribution is 2.20. The Labute approximate surface area is 212 Å². The second-order valence-electron chi connectivity index (χ2n) is 9.08. The number of benzene rings is 3. The van der Waals surface area contributed by atoms with Crippen molar-refractivity contribution in [3.63, 3.8) is 0 Å². The van der Waals surface area contributed by atoms with Crippen molar-refractivity contribution in [2.45, 2.75) is 45.7 Å². The van der Waals surface area contributed by atoms with Crippen LogP contribution in [0, 0.1) is 11.7 Å². The van der Waals surface area contributed by atoms with Crippen molar-refractivity contribution in [1.82, 2.24) is 10.2 Å². The third-order valence-corrected chi connectivity index (χ3v) is 6.16. The molecule has 0 aliphatic rings. The molecule has 0 aliphatic carbocycles. The van der Waals surface area contributed by atoms with Crippen LogP contribution in [0.25, 0.3) is 0 Å². The van der Waals surface area contributed by atoms with Crippen LogP contribution < -0.4 is 5.32 Å². The highest BCUT2D eigenvalue weighted by molar-refractivity contribution is 6.31. The van der Waals surface area contributed by atoms with Gasteiger partial charge in [0.15, 0.2) is 0 Å². The molecule has 3 aromatic rings. The Morgan fingerprint density at radius 2 is 1.57 bits per heavy atom. The van der Waals surface area contributed by atoms with Crippen LogP contribution in [0.15, 0.2) is 78.9 Å². The van der Waals surface area contributed by atoms with Crippen LogP contribution in [-0.4, -0.2) is 29.3 Å². The highest BCUT2D eigenvalue weighted by Gasteiger charge is 2.30. The van der Waals surface area contributed by atoms with E-state index < -0.39 is 6.04 Å². The number of hydrogen-bond donors (Lipinski definition) is 1. The van der Waals surface area contributed by atoms with Gasteiger partial charge in [0.2, 0.25) is 11.8 Å². The minimum absolute atomic E-state index is 0.158. The van der Waals surface area contributed by atoms with E-state index >= 15 is 0 Å². The Kier molecular flexibility index (Phi) is 9.86. The molecule has 0 fully saturated rings. The first kappa shape index (κ1) is 26.4. The molecule has 35 heavy (non-hydrogen) atoms. The van der Waals surface area contributed by atoms with Gasteiger partial charge in [0.25, 0.3) is 0 Å². The number of rotatable bonds is 11. The molecule has 0 aromatic heterocycles. The Balaban J connectivity index is 1.90. The van der Waals surface area contributed by atoms with Gasteiger partial charge in [-0.3, -0.25) is 9.59 Å². The van der Waals surface area contributed by atoms with Crippen LogP contribution in [0.3, 0.4) is 0 Å². The molecular formula is C29H32ClFN2O2. The first-order chi connectivity index (χ1) is 16.8. The van der Waals surface area contributed by atoms with Gasteiger partial charge in [-0.1, -0.05) is 86.1 Å². The molecule has 0 saturated carbocycles. The highest BCUT2D eigenvalue weighted by atomic mass is 35.5. The molecule has 184 valence electrons. The summed E-state index contributed by atoms with van der Waals surface area (Å²) in [4.78, 5) is 28.6. The third-order valence-electron chi connectivity index (χ3n) is 5.79. The van der Waals surface area contributed by atoms with E-state index in [2.05, 4.69) is 5.32 Å². The second-order valence-corrected chi connectivity index (χ2v) is 9.49. The average molecular weight is 495 g/mol. The largest absolute Gasteiger partial charge is 0.354 e. The SMILES string of the molecule is CC(C)CNC(=O)[C@H](Cc1ccccc1)N(Cc1ccc(F)cc1)C(=O)CCc1ccccc1Cl. The quantitative estimate of drug-likeness (QED) is 0.365. The van der Waals surface area contributed by atoms with Gasteiger partial charge in [-0.2, -0.15) is 0 Å². The lowest BCUT2D eigenvalue weighted by molar-refractivity contribution is -0.141. The standard InChI is InChI=1S/C29H32ClFN2O2/c1-21(2)19-32-29(35)27(18-22-8-4-3-5-9-22)33(20-23-12-15-25(31)16-13-23)28(34)17-14-24-10-6-7-11-26(24)30/h3-13,15-16,21,27H,14,17-20H2,1-2H3,(H,32,35)/t27-/m0/s1. The molecule has 1 N–H and O–H groups in total. The summed E-state index contributed by atoms with van der Waals surface area (Å²) in [5, 5.41) is 3.61. The van der Waals surface area contributed by atoms with E-state index in [0.29, 0.717) is 24.4 Å². The van der Waals surface area contributed by atoms with Crippen LogP contribution in [0.4, 0.5) is 4.39 Å². The number of aryl methyl sites for hydroxylation is 1. The van der Waals surface area contributed by atoms with Crippen LogP contribution in [0.2, 0.25) is 5.02 Å². The molecule has 1 atom stereocenters. The van der Waals surface area contributed by atoms with Crippen molar-refractivity contribution in [2.24, 2.45) is 5.92 Å². The van der Waals surface area contributed by atoms with E-state index in [1.807, 2.05) is 62.4 Å². The maximum atomic E-state index is 13.6. The van der Waals surface area contributed by atoms with Crippen LogP contribution in [0.5, 0.6) is 0 Å². The fourth-order valence-electron chi connectivity index (χ4n) is 3.85. The second kappa shape index (κ2) is 13.1. The molecule has 0 spiro atoms. The molecule has 3 aromatic carbocycles. The van der Waals surface area contributed by atoms with Gasteiger partial charge in [-0.05, 0) is 47.2 Å². The molecule has 0 bridgehead atoms. The van der Waals surface area contributed by atoms with Crippen LogP contribution in [-0.2, 0) is 29.0 Å². The maximum absolute atomic E-state index is 13.6. The van der Waals surface area contributed by atoms with Gasteiger partial charge in [0.1, 0.15) is 11.9 Å². The van der Waals surface area contributed by atoms with Crippen molar-refractivity contribution < 1.29 is 14.0 Å². The Morgan fingerprint density at radius 1 is 0.914 bits per heavy atom. The monoisotopic (exact) mass is 494 g/mol. The predicted molar refractivity (Wildman–Crippen MR) is 139 cm³/mol. The van der Waals surface area contributed by atoms with Crippen LogP contribution >= 0.6 is 11.6 Å². The maximum Gasteiger partial charge on any atom is 0.243 e. The smallest absolute Gasteiger partial charge is 0.243 e. The first-order valence-corrected chi connectivity index (χ1v) is 12.3. The lowest BCUT2D eigenvalue weighted by atomic mass is 10.0. The Morgan fingerprint density at radius 3 is 2.23 bits per heavy atom. The Hall–Kier alpha value is -3.18. The van der Waals surface area contributed by atoms with E-state index in [0.717, 1.165) is 16.7 Å². The molecule has 6 heteroatoms. The molecule has 4 nitrogen and oxygen atoms in total. The normalized spacial score (nSPS) is 11.8.